The number of nitrogens with zero attached hydrogens (tertiary/aromatic N) is 3. The number of rotatable bonds is 6. The van der Waals surface area contributed by atoms with Crippen LogP contribution in [-0.2, 0) is 6.54 Å². The van der Waals surface area contributed by atoms with Gasteiger partial charge in [-0.25, -0.2) is 4.98 Å². The molecule has 0 bridgehead atoms. The van der Waals surface area contributed by atoms with E-state index in [2.05, 4.69) is 15.0 Å². The van der Waals surface area contributed by atoms with Gasteiger partial charge in [0.1, 0.15) is 5.84 Å². The van der Waals surface area contributed by atoms with Gasteiger partial charge in [-0.1, -0.05) is 19.0 Å². The molecule has 1 aromatic heterocycles. The molecule has 0 spiro atoms. The molecule has 0 saturated carbocycles. The fourth-order valence-corrected chi connectivity index (χ4v) is 1.95. The van der Waals surface area contributed by atoms with Gasteiger partial charge < -0.3 is 15.8 Å². The quantitative estimate of drug-likeness (QED) is 0.352. The molecule has 1 aromatic rings. The fraction of sp³-hybridized carbons (Fsp3) is 0.636. The smallest absolute Gasteiger partial charge is 0.144 e. The first-order chi connectivity index (χ1) is 7.95. The molecule has 3 N–H and O–H groups in total. The molecule has 5 nitrogen and oxygen atoms in total. The van der Waals surface area contributed by atoms with Crippen molar-refractivity contribution in [1.29, 1.82) is 0 Å². The topological polar surface area (TPSA) is 74.7 Å². The van der Waals surface area contributed by atoms with Gasteiger partial charge >= 0.3 is 0 Å². The lowest BCUT2D eigenvalue weighted by Crippen LogP contribution is -2.35. The maximum atomic E-state index is 8.68. The van der Waals surface area contributed by atoms with E-state index in [0.717, 1.165) is 25.2 Å². The minimum Gasteiger partial charge on any atom is -0.409 e. The van der Waals surface area contributed by atoms with Crippen LogP contribution >= 0.6 is 11.3 Å². The van der Waals surface area contributed by atoms with Gasteiger partial charge in [-0.2, -0.15) is 0 Å². The summed E-state index contributed by atoms with van der Waals surface area (Å²) in [6, 6.07) is 0. The molecule has 17 heavy (non-hydrogen) atoms. The average molecular weight is 256 g/mol. The zero-order valence-corrected chi connectivity index (χ0v) is 11.4. The van der Waals surface area contributed by atoms with Crippen LogP contribution in [0.25, 0.3) is 0 Å². The van der Waals surface area contributed by atoms with Crippen molar-refractivity contribution in [2.24, 2.45) is 16.3 Å². The molecule has 0 atom stereocenters. The second-order valence-electron chi connectivity index (χ2n) is 4.84. The minimum absolute atomic E-state index is 0.277. The van der Waals surface area contributed by atoms with Crippen LogP contribution in [0.2, 0.25) is 0 Å². The van der Waals surface area contributed by atoms with Crippen LogP contribution in [0.3, 0.4) is 0 Å². The molecule has 6 heteroatoms. The highest BCUT2D eigenvalue weighted by Gasteiger charge is 2.23. The zero-order chi connectivity index (χ0) is 12.9. The summed E-state index contributed by atoms with van der Waals surface area (Å²) in [5.74, 6) is 0.277. The molecule has 0 amide bonds. The van der Waals surface area contributed by atoms with Crippen molar-refractivity contribution in [2.75, 3.05) is 13.6 Å². The molecule has 0 saturated heterocycles. The maximum Gasteiger partial charge on any atom is 0.144 e. The van der Waals surface area contributed by atoms with Crippen molar-refractivity contribution in [3.05, 3.63) is 16.6 Å². The van der Waals surface area contributed by atoms with Gasteiger partial charge in [0.25, 0.3) is 0 Å². The van der Waals surface area contributed by atoms with E-state index < -0.39 is 0 Å². The molecule has 96 valence electrons. The predicted molar refractivity (Wildman–Crippen MR) is 70.3 cm³/mol. The van der Waals surface area contributed by atoms with Crippen molar-refractivity contribution in [2.45, 2.75) is 26.8 Å². The third-order valence-corrected chi connectivity index (χ3v) is 3.47. The Morgan fingerprint density at radius 2 is 2.35 bits per heavy atom. The Morgan fingerprint density at radius 1 is 1.65 bits per heavy atom. The lowest BCUT2D eigenvalue weighted by atomic mass is 9.88. The second-order valence-corrected chi connectivity index (χ2v) is 5.56. The van der Waals surface area contributed by atoms with Crippen LogP contribution in [-0.4, -0.2) is 34.5 Å². The van der Waals surface area contributed by atoms with Crippen molar-refractivity contribution >= 4 is 17.2 Å². The number of hydrogen-bond donors (Lipinski definition) is 2. The maximum absolute atomic E-state index is 8.68. The summed E-state index contributed by atoms with van der Waals surface area (Å²) < 4.78 is 0. The molecule has 0 aromatic carbocycles. The Morgan fingerprint density at radius 3 is 2.88 bits per heavy atom. The molecule has 0 radical (unpaired) electrons. The van der Waals surface area contributed by atoms with E-state index in [-0.39, 0.29) is 11.3 Å². The van der Waals surface area contributed by atoms with Crippen molar-refractivity contribution in [3.63, 3.8) is 0 Å². The first-order valence-corrected chi connectivity index (χ1v) is 6.43. The first-order valence-electron chi connectivity index (χ1n) is 5.49. The van der Waals surface area contributed by atoms with E-state index in [9.17, 15) is 0 Å². The average Bonchev–Trinajstić information content (AvgIpc) is 2.78. The summed E-state index contributed by atoms with van der Waals surface area (Å²) in [5.41, 5.74) is 8.28. The van der Waals surface area contributed by atoms with E-state index in [1.807, 2.05) is 31.8 Å². The van der Waals surface area contributed by atoms with Crippen molar-refractivity contribution < 1.29 is 5.21 Å². The van der Waals surface area contributed by atoms with E-state index >= 15 is 0 Å². The monoisotopic (exact) mass is 256 g/mol. The Bertz CT molecular complexity index is 362. The van der Waals surface area contributed by atoms with Gasteiger partial charge in [0.15, 0.2) is 0 Å². The molecule has 1 rings (SSSR count). The SMILES string of the molecule is CN(CCC(C)(C)C(N)=NO)Cc1cscn1. The summed E-state index contributed by atoms with van der Waals surface area (Å²) in [4.78, 5) is 6.42. The summed E-state index contributed by atoms with van der Waals surface area (Å²) in [7, 11) is 2.04. The number of hydrogen-bond acceptors (Lipinski definition) is 5. The lowest BCUT2D eigenvalue weighted by Gasteiger charge is -2.25. The Balaban J connectivity index is 2.40. The van der Waals surface area contributed by atoms with Gasteiger partial charge in [-0.15, -0.1) is 11.3 Å². The standard InChI is InChI=1S/C11H20N4OS/c1-11(2,10(12)14-16)4-5-15(3)6-9-7-17-8-13-9/h7-8,16H,4-6H2,1-3H3,(H2,12,14). The van der Waals surface area contributed by atoms with Crippen LogP contribution < -0.4 is 5.73 Å². The highest BCUT2D eigenvalue weighted by Crippen LogP contribution is 2.20. The summed E-state index contributed by atoms with van der Waals surface area (Å²) in [6.07, 6.45) is 0.837. The van der Waals surface area contributed by atoms with Crippen LogP contribution in [0.4, 0.5) is 0 Å². The van der Waals surface area contributed by atoms with Gasteiger partial charge in [-0.3, -0.25) is 0 Å². The lowest BCUT2D eigenvalue weighted by molar-refractivity contribution is 0.270. The molecule has 0 fully saturated rings. The third-order valence-electron chi connectivity index (χ3n) is 2.84. The molecule has 0 aliphatic heterocycles. The zero-order valence-electron chi connectivity index (χ0n) is 10.6. The third kappa shape index (κ3) is 4.32. The Hall–Kier alpha value is -1.14. The van der Waals surface area contributed by atoms with Crippen molar-refractivity contribution in [1.82, 2.24) is 9.88 Å². The summed E-state index contributed by atoms with van der Waals surface area (Å²) in [6.45, 7) is 5.65. The van der Waals surface area contributed by atoms with Crippen LogP contribution in [0.5, 0.6) is 0 Å². The number of oxime groups is 1. The van der Waals surface area contributed by atoms with Crippen LogP contribution in [0.1, 0.15) is 26.0 Å². The van der Waals surface area contributed by atoms with E-state index in [1.165, 1.54) is 0 Å². The number of aromatic nitrogens is 1. The van der Waals surface area contributed by atoms with Crippen LogP contribution in [0.15, 0.2) is 16.0 Å². The largest absolute Gasteiger partial charge is 0.409 e. The Kier molecular flexibility index (Phi) is 4.89. The van der Waals surface area contributed by atoms with Crippen molar-refractivity contribution in [3.8, 4) is 0 Å². The summed E-state index contributed by atoms with van der Waals surface area (Å²) >= 11 is 1.60. The minimum atomic E-state index is -0.287. The van der Waals surface area contributed by atoms with E-state index in [4.69, 9.17) is 10.9 Å². The molecule has 0 aliphatic rings. The normalized spacial score (nSPS) is 13.3. The highest BCUT2D eigenvalue weighted by molar-refractivity contribution is 7.07. The van der Waals surface area contributed by atoms with Gasteiger partial charge in [0.2, 0.25) is 0 Å². The molecule has 0 unspecified atom stereocenters. The Labute approximate surface area is 106 Å². The molecule has 1 heterocycles. The molecular weight excluding hydrogens is 236 g/mol. The first kappa shape index (κ1) is 13.9. The predicted octanol–water partition coefficient (Wildman–Crippen LogP) is 1.74. The molecule has 0 aliphatic carbocycles. The number of amidine groups is 1. The fourth-order valence-electron chi connectivity index (χ4n) is 1.41. The van der Waals surface area contributed by atoms with E-state index in [1.54, 1.807) is 11.3 Å². The molecular formula is C11H20N4OS. The number of thiazole rings is 1. The van der Waals surface area contributed by atoms with E-state index in [0.29, 0.717) is 0 Å². The van der Waals surface area contributed by atoms with Crippen LogP contribution in [0, 0.1) is 5.41 Å². The second kappa shape index (κ2) is 5.97. The highest BCUT2D eigenvalue weighted by atomic mass is 32.1. The van der Waals surface area contributed by atoms with Gasteiger partial charge in [0.05, 0.1) is 11.2 Å². The van der Waals surface area contributed by atoms with Gasteiger partial charge in [-0.05, 0) is 20.0 Å². The number of nitrogens with two attached hydrogens (primary N) is 1. The van der Waals surface area contributed by atoms with Gasteiger partial charge in [0, 0.05) is 17.3 Å². The summed E-state index contributed by atoms with van der Waals surface area (Å²) in [5, 5.41) is 13.8.